The number of aromatic nitrogens is 2. The van der Waals surface area contributed by atoms with E-state index in [-0.39, 0.29) is 0 Å². The molecule has 1 N–H and O–H groups in total. The molecule has 102 valence electrons. The molecule has 0 aliphatic heterocycles. The average Bonchev–Trinajstić information content (AvgIpc) is 2.82. The van der Waals surface area contributed by atoms with Gasteiger partial charge in [-0.1, -0.05) is 27.6 Å². The van der Waals surface area contributed by atoms with E-state index in [4.69, 9.17) is 9.72 Å². The number of hydrogen-bond acceptors (Lipinski definition) is 2. The van der Waals surface area contributed by atoms with Crippen molar-refractivity contribution >= 4 is 27.0 Å². The lowest BCUT2D eigenvalue weighted by Gasteiger charge is -2.06. The zero-order chi connectivity index (χ0) is 14.3. The number of hydrogen-bond donors (Lipinski definition) is 1. The number of aryl methyl sites for hydroxylation is 2. The van der Waals surface area contributed by atoms with Gasteiger partial charge in [0.2, 0.25) is 0 Å². The highest BCUT2D eigenvalue weighted by atomic mass is 79.9. The molecule has 4 heteroatoms. The van der Waals surface area contributed by atoms with Crippen molar-refractivity contribution < 1.29 is 4.74 Å². The number of benzene rings is 2. The molecule has 0 unspecified atom stereocenters. The molecule has 3 rings (SSSR count). The lowest BCUT2D eigenvalue weighted by molar-refractivity contribution is 0.416. The van der Waals surface area contributed by atoms with E-state index in [1.807, 2.05) is 18.2 Å². The van der Waals surface area contributed by atoms with Crippen LogP contribution < -0.4 is 4.74 Å². The largest absolute Gasteiger partial charge is 0.496 e. The van der Waals surface area contributed by atoms with Crippen LogP contribution in [0.15, 0.2) is 34.8 Å². The zero-order valence-electron chi connectivity index (χ0n) is 11.6. The number of methoxy groups -OCH3 is 1. The molecule has 1 aromatic heterocycles. The molecule has 0 atom stereocenters. The van der Waals surface area contributed by atoms with Crippen LogP contribution in [0.5, 0.6) is 5.75 Å². The molecule has 0 bridgehead atoms. The molecule has 3 nitrogen and oxygen atoms in total. The molecular formula is C16H15BrN2O. The van der Waals surface area contributed by atoms with Crippen molar-refractivity contribution in [2.45, 2.75) is 13.8 Å². The Morgan fingerprint density at radius 2 is 1.95 bits per heavy atom. The molecule has 0 amide bonds. The van der Waals surface area contributed by atoms with Crippen molar-refractivity contribution in [3.8, 4) is 17.1 Å². The highest BCUT2D eigenvalue weighted by molar-refractivity contribution is 9.10. The standard InChI is InChI=1S/C16H15BrN2O/c1-9-4-5-14(20-3)12(6-9)16-18-13-8-11(17)7-10(2)15(13)19-16/h4-8H,1-3H3,(H,18,19). The van der Waals surface area contributed by atoms with Crippen molar-refractivity contribution in [1.29, 1.82) is 0 Å². The second-order valence-corrected chi connectivity index (χ2v) is 5.82. The van der Waals surface area contributed by atoms with Crippen LogP contribution in [0.1, 0.15) is 11.1 Å². The Morgan fingerprint density at radius 1 is 1.15 bits per heavy atom. The minimum atomic E-state index is 0.825. The highest BCUT2D eigenvalue weighted by Gasteiger charge is 2.12. The minimum Gasteiger partial charge on any atom is -0.496 e. The predicted molar refractivity (Wildman–Crippen MR) is 85.3 cm³/mol. The second-order valence-electron chi connectivity index (χ2n) is 4.91. The number of rotatable bonds is 2. The van der Waals surface area contributed by atoms with Crippen LogP contribution in [-0.4, -0.2) is 17.1 Å². The van der Waals surface area contributed by atoms with Crippen LogP contribution in [0, 0.1) is 13.8 Å². The van der Waals surface area contributed by atoms with E-state index >= 15 is 0 Å². The molecule has 0 spiro atoms. The Morgan fingerprint density at radius 3 is 2.70 bits per heavy atom. The van der Waals surface area contributed by atoms with Gasteiger partial charge >= 0.3 is 0 Å². The van der Waals surface area contributed by atoms with Gasteiger partial charge in [-0.15, -0.1) is 0 Å². The van der Waals surface area contributed by atoms with Gasteiger partial charge in [0.05, 0.1) is 23.7 Å². The maximum atomic E-state index is 5.44. The van der Waals surface area contributed by atoms with Gasteiger partial charge in [-0.2, -0.15) is 0 Å². The maximum Gasteiger partial charge on any atom is 0.142 e. The summed E-state index contributed by atoms with van der Waals surface area (Å²) in [5.41, 5.74) is 5.32. The summed E-state index contributed by atoms with van der Waals surface area (Å²) in [7, 11) is 1.68. The highest BCUT2D eigenvalue weighted by Crippen LogP contribution is 2.31. The predicted octanol–water partition coefficient (Wildman–Crippen LogP) is 4.62. The number of imidazole rings is 1. The first-order valence-electron chi connectivity index (χ1n) is 6.39. The Balaban J connectivity index is 2.25. The van der Waals surface area contributed by atoms with E-state index in [0.717, 1.165) is 38.2 Å². The summed E-state index contributed by atoms with van der Waals surface area (Å²) in [5.74, 6) is 1.66. The lowest BCUT2D eigenvalue weighted by atomic mass is 10.1. The fourth-order valence-corrected chi connectivity index (χ4v) is 2.95. The van der Waals surface area contributed by atoms with Gasteiger partial charge in [-0.3, -0.25) is 0 Å². The average molecular weight is 331 g/mol. The normalized spacial score (nSPS) is 11.0. The van der Waals surface area contributed by atoms with Gasteiger partial charge in [0, 0.05) is 4.47 Å². The lowest BCUT2D eigenvalue weighted by Crippen LogP contribution is -1.90. The summed E-state index contributed by atoms with van der Waals surface area (Å²) in [6.07, 6.45) is 0. The van der Waals surface area contributed by atoms with Crippen LogP contribution in [0.3, 0.4) is 0 Å². The smallest absolute Gasteiger partial charge is 0.142 e. The number of halogens is 1. The molecule has 0 fully saturated rings. The maximum absolute atomic E-state index is 5.44. The van der Waals surface area contributed by atoms with Crippen molar-refractivity contribution in [2.24, 2.45) is 0 Å². The molecular weight excluding hydrogens is 316 g/mol. The van der Waals surface area contributed by atoms with E-state index in [1.165, 1.54) is 5.56 Å². The molecule has 3 aromatic rings. The molecule has 20 heavy (non-hydrogen) atoms. The SMILES string of the molecule is COc1ccc(C)cc1-c1nc2c(C)cc(Br)cc2[nH]1. The van der Waals surface area contributed by atoms with E-state index in [9.17, 15) is 0 Å². The van der Waals surface area contributed by atoms with E-state index in [0.29, 0.717) is 0 Å². The topological polar surface area (TPSA) is 37.9 Å². The first-order chi connectivity index (χ1) is 9.58. The van der Waals surface area contributed by atoms with E-state index < -0.39 is 0 Å². The Hall–Kier alpha value is -1.81. The Kier molecular flexibility index (Phi) is 3.26. The third-order valence-corrected chi connectivity index (χ3v) is 3.81. The molecule has 0 radical (unpaired) electrons. The van der Waals surface area contributed by atoms with E-state index in [2.05, 4.69) is 46.9 Å². The quantitative estimate of drug-likeness (QED) is 0.744. The Bertz CT molecular complexity index is 793. The first kappa shape index (κ1) is 13.2. The first-order valence-corrected chi connectivity index (χ1v) is 7.18. The van der Waals surface area contributed by atoms with Crippen LogP contribution in [0.25, 0.3) is 22.4 Å². The van der Waals surface area contributed by atoms with Gasteiger partial charge in [0.25, 0.3) is 0 Å². The van der Waals surface area contributed by atoms with Crippen LogP contribution in [0.2, 0.25) is 0 Å². The third kappa shape index (κ3) is 2.20. The number of aromatic amines is 1. The number of nitrogens with one attached hydrogen (secondary N) is 1. The summed E-state index contributed by atoms with van der Waals surface area (Å²) in [5, 5.41) is 0. The van der Waals surface area contributed by atoms with Crippen LogP contribution >= 0.6 is 15.9 Å². The molecule has 0 saturated heterocycles. The molecule has 0 aliphatic carbocycles. The van der Waals surface area contributed by atoms with E-state index in [1.54, 1.807) is 7.11 Å². The van der Waals surface area contributed by atoms with Crippen molar-refractivity contribution in [3.63, 3.8) is 0 Å². The minimum absolute atomic E-state index is 0.825. The molecule has 2 aromatic carbocycles. The van der Waals surface area contributed by atoms with Crippen molar-refractivity contribution in [3.05, 3.63) is 45.9 Å². The van der Waals surface area contributed by atoms with Crippen molar-refractivity contribution in [2.75, 3.05) is 7.11 Å². The van der Waals surface area contributed by atoms with Gasteiger partial charge < -0.3 is 9.72 Å². The third-order valence-electron chi connectivity index (χ3n) is 3.35. The fraction of sp³-hybridized carbons (Fsp3) is 0.188. The monoisotopic (exact) mass is 330 g/mol. The summed E-state index contributed by atoms with van der Waals surface area (Å²) < 4.78 is 6.49. The summed E-state index contributed by atoms with van der Waals surface area (Å²) in [4.78, 5) is 8.09. The summed E-state index contributed by atoms with van der Waals surface area (Å²) in [6.45, 7) is 4.12. The molecule has 0 aliphatic rings. The number of fused-ring (bicyclic) bond motifs is 1. The number of H-pyrrole nitrogens is 1. The molecule has 0 saturated carbocycles. The van der Waals surface area contributed by atoms with Gasteiger partial charge in [-0.25, -0.2) is 4.98 Å². The number of ether oxygens (including phenoxy) is 1. The fourth-order valence-electron chi connectivity index (χ4n) is 2.38. The van der Waals surface area contributed by atoms with Crippen LogP contribution in [-0.2, 0) is 0 Å². The van der Waals surface area contributed by atoms with Crippen molar-refractivity contribution in [1.82, 2.24) is 9.97 Å². The second kappa shape index (κ2) is 4.94. The Labute approximate surface area is 126 Å². The van der Waals surface area contributed by atoms with Gasteiger partial charge in [-0.05, 0) is 43.7 Å². The molecule has 1 heterocycles. The van der Waals surface area contributed by atoms with Gasteiger partial charge in [0.1, 0.15) is 11.6 Å². The number of nitrogens with zero attached hydrogens (tertiary/aromatic N) is 1. The van der Waals surface area contributed by atoms with Gasteiger partial charge in [0.15, 0.2) is 0 Å². The summed E-state index contributed by atoms with van der Waals surface area (Å²) >= 11 is 3.52. The summed E-state index contributed by atoms with van der Waals surface area (Å²) in [6, 6.07) is 10.2. The van der Waals surface area contributed by atoms with Crippen LogP contribution in [0.4, 0.5) is 0 Å². The zero-order valence-corrected chi connectivity index (χ0v) is 13.2.